The largest absolute Gasteiger partial charge is 0.508 e. The number of rotatable bonds is 6. The van der Waals surface area contributed by atoms with Crippen molar-refractivity contribution in [3.8, 4) is 5.75 Å². The summed E-state index contributed by atoms with van der Waals surface area (Å²) in [5.41, 5.74) is 6.99. The van der Waals surface area contributed by atoms with Crippen molar-refractivity contribution in [3.63, 3.8) is 0 Å². The molecule has 1 amide bonds. The highest BCUT2D eigenvalue weighted by Crippen LogP contribution is 2.14. The molecule has 1 atom stereocenters. The molecule has 5 heteroatoms. The van der Waals surface area contributed by atoms with Crippen molar-refractivity contribution in [1.82, 2.24) is 4.90 Å². The molecule has 21 heavy (non-hydrogen) atoms. The molecule has 1 heterocycles. The summed E-state index contributed by atoms with van der Waals surface area (Å²) in [6.45, 7) is 3.20. The molecule has 3 N–H and O–H groups in total. The molecule has 1 aromatic heterocycles. The number of likely N-dealkylation sites (N-methyl/N-ethyl adjacent to an activating group) is 1. The third kappa shape index (κ3) is 4.31. The van der Waals surface area contributed by atoms with E-state index in [0.717, 1.165) is 10.4 Å². The Hall–Kier alpha value is -1.85. The summed E-state index contributed by atoms with van der Waals surface area (Å²) in [4.78, 5) is 15.4. The Bertz CT molecular complexity index is 566. The second kappa shape index (κ2) is 7.24. The van der Waals surface area contributed by atoms with Crippen molar-refractivity contribution >= 4 is 17.2 Å². The van der Waals surface area contributed by atoms with Gasteiger partial charge in [0.15, 0.2) is 0 Å². The fourth-order valence-electron chi connectivity index (χ4n) is 2.14. The van der Waals surface area contributed by atoms with Crippen molar-refractivity contribution in [1.29, 1.82) is 0 Å². The molecule has 0 bridgehead atoms. The van der Waals surface area contributed by atoms with Gasteiger partial charge in [0.05, 0.1) is 12.6 Å². The minimum atomic E-state index is -0.561. The van der Waals surface area contributed by atoms with Gasteiger partial charge in [-0.15, -0.1) is 11.3 Å². The molecular formula is C16H20N2O2S. The normalized spacial score (nSPS) is 12.1. The van der Waals surface area contributed by atoms with Crippen LogP contribution in [-0.2, 0) is 17.8 Å². The maximum Gasteiger partial charge on any atom is 0.240 e. The minimum Gasteiger partial charge on any atom is -0.508 e. The first-order valence-electron chi connectivity index (χ1n) is 6.94. The first kappa shape index (κ1) is 15.5. The number of thiophene rings is 1. The van der Waals surface area contributed by atoms with Gasteiger partial charge in [-0.1, -0.05) is 18.2 Å². The lowest BCUT2D eigenvalue weighted by Crippen LogP contribution is -2.44. The molecule has 0 aliphatic carbocycles. The zero-order valence-corrected chi connectivity index (χ0v) is 12.8. The van der Waals surface area contributed by atoms with Crippen LogP contribution in [0.15, 0.2) is 41.8 Å². The zero-order valence-electron chi connectivity index (χ0n) is 12.0. The van der Waals surface area contributed by atoms with Crippen molar-refractivity contribution in [3.05, 3.63) is 52.2 Å². The summed E-state index contributed by atoms with van der Waals surface area (Å²) in [6.07, 6.45) is 0.472. The average molecular weight is 304 g/mol. The Morgan fingerprint density at radius 1 is 1.33 bits per heavy atom. The van der Waals surface area contributed by atoms with E-state index in [9.17, 15) is 9.90 Å². The summed E-state index contributed by atoms with van der Waals surface area (Å²) in [6, 6.07) is 10.2. The highest BCUT2D eigenvalue weighted by Gasteiger charge is 2.20. The van der Waals surface area contributed by atoms with E-state index in [2.05, 4.69) is 0 Å². The van der Waals surface area contributed by atoms with Gasteiger partial charge in [-0.2, -0.15) is 0 Å². The Morgan fingerprint density at radius 3 is 2.62 bits per heavy atom. The second-order valence-corrected chi connectivity index (χ2v) is 5.94. The fraction of sp³-hybridized carbons (Fsp3) is 0.312. The van der Waals surface area contributed by atoms with Gasteiger partial charge in [0.25, 0.3) is 0 Å². The molecule has 2 aromatic rings. The number of phenols is 1. The minimum absolute atomic E-state index is 0.0426. The molecule has 1 aromatic carbocycles. The first-order valence-corrected chi connectivity index (χ1v) is 7.82. The van der Waals surface area contributed by atoms with Crippen LogP contribution < -0.4 is 5.73 Å². The van der Waals surface area contributed by atoms with E-state index in [4.69, 9.17) is 5.73 Å². The van der Waals surface area contributed by atoms with E-state index in [-0.39, 0.29) is 11.7 Å². The lowest BCUT2D eigenvalue weighted by molar-refractivity contribution is -0.132. The summed E-state index contributed by atoms with van der Waals surface area (Å²) >= 11 is 1.64. The maximum absolute atomic E-state index is 12.4. The highest BCUT2D eigenvalue weighted by atomic mass is 32.1. The lowest BCUT2D eigenvalue weighted by Gasteiger charge is -2.24. The molecule has 0 saturated heterocycles. The topological polar surface area (TPSA) is 66.6 Å². The van der Waals surface area contributed by atoms with E-state index in [0.29, 0.717) is 19.5 Å². The molecule has 112 valence electrons. The number of amides is 1. The Balaban J connectivity index is 1.97. The van der Waals surface area contributed by atoms with Crippen LogP contribution in [0.4, 0.5) is 0 Å². The van der Waals surface area contributed by atoms with Gasteiger partial charge in [-0.05, 0) is 42.5 Å². The van der Waals surface area contributed by atoms with Gasteiger partial charge >= 0.3 is 0 Å². The monoisotopic (exact) mass is 304 g/mol. The average Bonchev–Trinajstić information content (AvgIpc) is 2.99. The summed E-state index contributed by atoms with van der Waals surface area (Å²) in [5.74, 6) is 0.172. The SMILES string of the molecule is CCN(Cc1cccs1)C(=O)C(N)Cc1ccc(O)cc1. The van der Waals surface area contributed by atoms with Crippen molar-refractivity contribution in [2.24, 2.45) is 5.73 Å². The fourth-order valence-corrected chi connectivity index (χ4v) is 2.86. The number of phenolic OH excluding ortho intramolecular Hbond substituents is 1. The standard InChI is InChI=1S/C16H20N2O2S/c1-2-18(11-14-4-3-9-21-14)16(20)15(17)10-12-5-7-13(19)8-6-12/h3-9,15,19H,2,10-11,17H2,1H3. The number of aromatic hydroxyl groups is 1. The first-order chi connectivity index (χ1) is 10.1. The van der Waals surface area contributed by atoms with E-state index in [1.807, 2.05) is 24.4 Å². The molecule has 0 aliphatic heterocycles. The number of benzene rings is 1. The Morgan fingerprint density at radius 2 is 2.05 bits per heavy atom. The van der Waals surface area contributed by atoms with Gasteiger partial charge in [0, 0.05) is 11.4 Å². The summed E-state index contributed by atoms with van der Waals surface area (Å²) < 4.78 is 0. The summed E-state index contributed by atoms with van der Waals surface area (Å²) in [7, 11) is 0. The van der Waals surface area contributed by atoms with Crippen LogP contribution in [0.25, 0.3) is 0 Å². The van der Waals surface area contributed by atoms with E-state index in [1.165, 1.54) is 0 Å². The number of hydrogen-bond acceptors (Lipinski definition) is 4. The van der Waals surface area contributed by atoms with Crippen LogP contribution in [0.3, 0.4) is 0 Å². The predicted molar refractivity (Wildman–Crippen MR) is 85.2 cm³/mol. The lowest BCUT2D eigenvalue weighted by atomic mass is 10.1. The highest BCUT2D eigenvalue weighted by molar-refractivity contribution is 7.09. The van der Waals surface area contributed by atoms with Gasteiger partial charge in [0.1, 0.15) is 5.75 Å². The van der Waals surface area contributed by atoms with Gasteiger partial charge in [0.2, 0.25) is 5.91 Å². The van der Waals surface area contributed by atoms with Gasteiger partial charge < -0.3 is 15.7 Å². The van der Waals surface area contributed by atoms with E-state index in [1.54, 1.807) is 40.5 Å². The number of hydrogen-bond donors (Lipinski definition) is 2. The summed E-state index contributed by atoms with van der Waals surface area (Å²) in [5, 5.41) is 11.3. The number of carbonyl (C=O) groups excluding carboxylic acids is 1. The van der Waals surface area contributed by atoms with Crippen LogP contribution in [0.2, 0.25) is 0 Å². The smallest absolute Gasteiger partial charge is 0.240 e. The number of nitrogens with two attached hydrogens (primary N) is 1. The quantitative estimate of drug-likeness (QED) is 0.861. The Labute approximate surface area is 128 Å². The van der Waals surface area contributed by atoms with Crippen LogP contribution in [0.1, 0.15) is 17.4 Å². The second-order valence-electron chi connectivity index (χ2n) is 4.91. The van der Waals surface area contributed by atoms with Crippen LogP contribution in [0, 0.1) is 0 Å². The predicted octanol–water partition coefficient (Wildman–Crippen LogP) is 2.37. The third-order valence-electron chi connectivity index (χ3n) is 3.33. The Kier molecular flexibility index (Phi) is 5.36. The van der Waals surface area contributed by atoms with Crippen LogP contribution in [-0.4, -0.2) is 28.5 Å². The van der Waals surface area contributed by atoms with Gasteiger partial charge in [-0.3, -0.25) is 4.79 Å². The van der Waals surface area contributed by atoms with Crippen molar-refractivity contribution < 1.29 is 9.90 Å². The third-order valence-corrected chi connectivity index (χ3v) is 4.19. The number of nitrogens with zero attached hydrogens (tertiary/aromatic N) is 1. The van der Waals surface area contributed by atoms with E-state index < -0.39 is 6.04 Å². The van der Waals surface area contributed by atoms with Crippen LogP contribution in [0.5, 0.6) is 5.75 Å². The van der Waals surface area contributed by atoms with E-state index >= 15 is 0 Å². The molecule has 0 fully saturated rings. The van der Waals surface area contributed by atoms with Crippen LogP contribution >= 0.6 is 11.3 Å². The van der Waals surface area contributed by atoms with Crippen molar-refractivity contribution in [2.45, 2.75) is 25.9 Å². The molecule has 4 nitrogen and oxygen atoms in total. The zero-order chi connectivity index (χ0) is 15.2. The molecule has 1 unspecified atom stereocenters. The number of carbonyl (C=O) groups is 1. The molecule has 0 spiro atoms. The molecule has 0 aliphatic rings. The van der Waals surface area contributed by atoms with Gasteiger partial charge in [-0.25, -0.2) is 0 Å². The molecular weight excluding hydrogens is 284 g/mol. The molecule has 0 radical (unpaired) electrons. The maximum atomic E-state index is 12.4. The molecule has 2 rings (SSSR count). The molecule has 0 saturated carbocycles. The van der Waals surface area contributed by atoms with Crippen molar-refractivity contribution in [2.75, 3.05) is 6.54 Å².